The van der Waals surface area contributed by atoms with Crippen molar-refractivity contribution in [3.63, 3.8) is 0 Å². The Labute approximate surface area is 163 Å². The van der Waals surface area contributed by atoms with Crippen LogP contribution in [-0.4, -0.2) is 79.5 Å². The molecule has 0 radical (unpaired) electrons. The van der Waals surface area contributed by atoms with E-state index in [1.165, 1.54) is 5.56 Å². The van der Waals surface area contributed by atoms with Gasteiger partial charge in [-0.15, -0.1) is 24.8 Å². The van der Waals surface area contributed by atoms with E-state index in [4.69, 9.17) is 0 Å². The van der Waals surface area contributed by atoms with E-state index in [0.29, 0.717) is 0 Å². The number of benzene rings is 1. The summed E-state index contributed by atoms with van der Waals surface area (Å²) < 4.78 is 0. The minimum Gasteiger partial charge on any atom is -0.333 e. The van der Waals surface area contributed by atoms with E-state index in [1.54, 1.807) is 0 Å². The molecule has 25 heavy (non-hydrogen) atoms. The molecule has 2 fully saturated rings. The van der Waals surface area contributed by atoms with Crippen LogP contribution in [0.2, 0.25) is 0 Å². The van der Waals surface area contributed by atoms with Crippen LogP contribution >= 0.6 is 24.8 Å². The Kier molecular flexibility index (Phi) is 9.17. The van der Waals surface area contributed by atoms with Gasteiger partial charge in [0.25, 0.3) is 5.91 Å². The topological polar surface area (TPSA) is 38.8 Å². The van der Waals surface area contributed by atoms with Gasteiger partial charge in [-0.2, -0.15) is 0 Å². The predicted molar refractivity (Wildman–Crippen MR) is 107 cm³/mol. The number of carbonyl (C=O) groups is 1. The fourth-order valence-electron chi connectivity index (χ4n) is 3.33. The summed E-state index contributed by atoms with van der Waals surface area (Å²) in [5.41, 5.74) is 2.10. The van der Waals surface area contributed by atoms with E-state index >= 15 is 0 Å². The van der Waals surface area contributed by atoms with Gasteiger partial charge in [0.05, 0.1) is 0 Å². The highest BCUT2D eigenvalue weighted by atomic mass is 35.5. The molecule has 5 nitrogen and oxygen atoms in total. The van der Waals surface area contributed by atoms with Gasteiger partial charge in [-0.3, -0.25) is 9.69 Å². The molecule has 1 N–H and O–H groups in total. The third kappa shape index (κ3) is 5.83. The summed E-state index contributed by atoms with van der Waals surface area (Å²) in [4.78, 5) is 19.5. The zero-order valence-corrected chi connectivity index (χ0v) is 16.7. The standard InChI is InChI=1S/C18H28N4O.2ClH/c1-15-13-19-7-8-22(15)18(23)17-5-3-16(4-6-17)14-21-11-9-20(2)10-12-21;;/h3-6,15,19H,7-14H2,1-2H3;2*1H. The highest BCUT2D eigenvalue weighted by Gasteiger charge is 2.24. The number of nitrogens with one attached hydrogen (secondary N) is 1. The van der Waals surface area contributed by atoms with Crippen molar-refractivity contribution in [2.24, 2.45) is 0 Å². The predicted octanol–water partition coefficient (Wildman–Crippen LogP) is 1.71. The molecule has 1 aromatic rings. The second-order valence-corrected chi connectivity index (χ2v) is 6.83. The quantitative estimate of drug-likeness (QED) is 0.855. The number of carbonyl (C=O) groups excluding carboxylic acids is 1. The fourth-order valence-corrected chi connectivity index (χ4v) is 3.33. The molecule has 7 heteroatoms. The van der Waals surface area contributed by atoms with Crippen LogP contribution in [0.15, 0.2) is 24.3 Å². The van der Waals surface area contributed by atoms with Crippen LogP contribution in [0.3, 0.4) is 0 Å². The Bertz CT molecular complexity index is 532. The van der Waals surface area contributed by atoms with E-state index in [0.717, 1.165) is 57.9 Å². The summed E-state index contributed by atoms with van der Waals surface area (Å²) in [6.45, 7) is 10.2. The molecular weight excluding hydrogens is 359 g/mol. The molecule has 3 rings (SSSR count). The summed E-state index contributed by atoms with van der Waals surface area (Å²) >= 11 is 0. The normalized spacial score (nSPS) is 22.0. The van der Waals surface area contributed by atoms with Gasteiger partial charge in [-0.05, 0) is 31.7 Å². The van der Waals surface area contributed by atoms with Crippen molar-refractivity contribution < 1.29 is 4.79 Å². The van der Waals surface area contributed by atoms with Gasteiger partial charge in [0.1, 0.15) is 0 Å². The molecule has 0 saturated carbocycles. The van der Waals surface area contributed by atoms with E-state index in [-0.39, 0.29) is 36.8 Å². The van der Waals surface area contributed by atoms with Gasteiger partial charge >= 0.3 is 0 Å². The number of hydrogen-bond acceptors (Lipinski definition) is 4. The Balaban J connectivity index is 0.00000156. The SMILES string of the molecule is CC1CNCCN1C(=O)c1ccc(CN2CCN(C)CC2)cc1.Cl.Cl. The maximum Gasteiger partial charge on any atom is 0.254 e. The third-order valence-corrected chi connectivity index (χ3v) is 4.97. The lowest BCUT2D eigenvalue weighted by Gasteiger charge is -2.34. The van der Waals surface area contributed by atoms with Gasteiger partial charge in [-0.25, -0.2) is 0 Å². The number of hydrogen-bond donors (Lipinski definition) is 1. The molecular formula is C18H30Cl2N4O. The first-order valence-electron chi connectivity index (χ1n) is 8.65. The smallest absolute Gasteiger partial charge is 0.254 e. The average Bonchev–Trinajstić information content (AvgIpc) is 2.57. The summed E-state index contributed by atoms with van der Waals surface area (Å²) in [7, 11) is 2.18. The zero-order chi connectivity index (χ0) is 16.2. The number of likely N-dealkylation sites (N-methyl/N-ethyl adjacent to an activating group) is 1. The number of nitrogens with zero attached hydrogens (tertiary/aromatic N) is 3. The molecule has 0 aliphatic carbocycles. The molecule has 1 unspecified atom stereocenters. The van der Waals surface area contributed by atoms with E-state index in [2.05, 4.69) is 41.2 Å². The molecule has 2 aliphatic heterocycles. The lowest BCUT2D eigenvalue weighted by Crippen LogP contribution is -2.52. The first kappa shape index (κ1) is 22.2. The molecule has 2 heterocycles. The molecule has 2 saturated heterocycles. The summed E-state index contributed by atoms with van der Waals surface area (Å²) in [6, 6.07) is 8.46. The first-order chi connectivity index (χ1) is 11.1. The minimum absolute atomic E-state index is 0. The lowest BCUT2D eigenvalue weighted by molar-refractivity contribution is 0.0655. The maximum absolute atomic E-state index is 12.6. The van der Waals surface area contributed by atoms with Crippen LogP contribution < -0.4 is 5.32 Å². The first-order valence-corrected chi connectivity index (χ1v) is 8.65. The highest BCUT2D eigenvalue weighted by molar-refractivity contribution is 5.94. The van der Waals surface area contributed by atoms with Gasteiger partial charge in [-0.1, -0.05) is 12.1 Å². The van der Waals surface area contributed by atoms with Crippen molar-refractivity contribution in [1.82, 2.24) is 20.0 Å². The molecule has 1 amide bonds. The van der Waals surface area contributed by atoms with Gasteiger partial charge in [0.2, 0.25) is 0 Å². The zero-order valence-electron chi connectivity index (χ0n) is 15.1. The highest BCUT2D eigenvalue weighted by Crippen LogP contribution is 2.13. The molecule has 142 valence electrons. The summed E-state index contributed by atoms with van der Waals surface area (Å²) in [5.74, 6) is 0.158. The number of rotatable bonds is 3. The van der Waals surface area contributed by atoms with E-state index in [1.807, 2.05) is 17.0 Å². The fraction of sp³-hybridized carbons (Fsp3) is 0.611. The van der Waals surface area contributed by atoms with Crippen LogP contribution in [0.5, 0.6) is 0 Å². The number of halogens is 2. The molecule has 1 aromatic carbocycles. The van der Waals surface area contributed by atoms with Gasteiger partial charge in [0.15, 0.2) is 0 Å². The molecule has 0 spiro atoms. The second kappa shape index (κ2) is 10.3. The minimum atomic E-state index is 0. The summed E-state index contributed by atoms with van der Waals surface area (Å²) in [6.07, 6.45) is 0. The lowest BCUT2D eigenvalue weighted by atomic mass is 10.1. The van der Waals surface area contributed by atoms with E-state index in [9.17, 15) is 4.79 Å². The largest absolute Gasteiger partial charge is 0.333 e. The van der Waals surface area contributed by atoms with Crippen molar-refractivity contribution in [1.29, 1.82) is 0 Å². The van der Waals surface area contributed by atoms with Gasteiger partial charge < -0.3 is 15.1 Å². The second-order valence-electron chi connectivity index (χ2n) is 6.83. The molecule has 0 bridgehead atoms. The van der Waals surface area contributed by atoms with Crippen molar-refractivity contribution in [2.75, 3.05) is 52.9 Å². The number of piperazine rings is 2. The van der Waals surface area contributed by atoms with Crippen LogP contribution in [0.1, 0.15) is 22.8 Å². The van der Waals surface area contributed by atoms with Gasteiger partial charge in [0, 0.05) is 64.0 Å². The Morgan fingerprint density at radius 1 is 1.08 bits per heavy atom. The molecule has 1 atom stereocenters. The monoisotopic (exact) mass is 388 g/mol. The van der Waals surface area contributed by atoms with Crippen molar-refractivity contribution >= 4 is 30.7 Å². The third-order valence-electron chi connectivity index (χ3n) is 4.97. The molecule has 0 aromatic heterocycles. The number of amides is 1. The van der Waals surface area contributed by atoms with Crippen molar-refractivity contribution in [2.45, 2.75) is 19.5 Å². The Hall–Kier alpha value is -0.850. The molecule has 2 aliphatic rings. The maximum atomic E-state index is 12.6. The summed E-state index contributed by atoms with van der Waals surface area (Å²) in [5, 5.41) is 3.33. The Morgan fingerprint density at radius 3 is 2.32 bits per heavy atom. The Morgan fingerprint density at radius 2 is 1.72 bits per heavy atom. The van der Waals surface area contributed by atoms with Crippen LogP contribution in [0.4, 0.5) is 0 Å². The van der Waals surface area contributed by atoms with Crippen LogP contribution in [-0.2, 0) is 6.54 Å². The van der Waals surface area contributed by atoms with Crippen LogP contribution in [0, 0.1) is 0 Å². The van der Waals surface area contributed by atoms with E-state index < -0.39 is 0 Å². The van der Waals surface area contributed by atoms with Crippen molar-refractivity contribution in [3.8, 4) is 0 Å². The average molecular weight is 389 g/mol. The van der Waals surface area contributed by atoms with Crippen molar-refractivity contribution in [3.05, 3.63) is 35.4 Å². The van der Waals surface area contributed by atoms with Crippen LogP contribution in [0.25, 0.3) is 0 Å².